The number of likely N-dealkylation sites (tertiary alicyclic amines) is 1. The van der Waals surface area contributed by atoms with E-state index in [-0.39, 0.29) is 5.91 Å². The molecule has 37 heavy (non-hydrogen) atoms. The van der Waals surface area contributed by atoms with Crippen LogP contribution in [-0.4, -0.2) is 41.8 Å². The summed E-state index contributed by atoms with van der Waals surface area (Å²) < 4.78 is 0. The molecule has 4 N–H and O–H groups in total. The highest BCUT2D eigenvalue weighted by Crippen LogP contribution is 2.34. The Balaban J connectivity index is 0.00000235. The molecule has 198 valence electrons. The molecule has 1 fully saturated rings. The van der Waals surface area contributed by atoms with Crippen LogP contribution in [0.2, 0.25) is 0 Å². The molecule has 7 nitrogen and oxygen atoms in total. The molecule has 0 aromatic heterocycles. The fourth-order valence-corrected chi connectivity index (χ4v) is 4.35. The number of carbonyl (C=O) groups excluding carboxylic acids is 1. The normalized spacial score (nSPS) is 14.4. The third kappa shape index (κ3) is 8.19. The molecular weight excluding hydrogens is 462 g/mol. The van der Waals surface area contributed by atoms with E-state index < -0.39 is 5.60 Å². The standard InChI is InChI=1S/C28H35N5O2.C2H6/c1-3-31-32-15-6-4-5-8-21(2)25-19-23(11-12-26(25)30)27(34)33-16-13-28(35,14-17-33)24-10-7-9-22(18-24)20-29;1-2/h7,9-12,15,18-19,31,35H,2-6,8,13-14,16-17,30H2,1H3;1-2H3/b32-15-;. The van der Waals surface area contributed by atoms with E-state index in [1.165, 1.54) is 0 Å². The number of aliphatic hydroxyl groups is 1. The lowest BCUT2D eigenvalue weighted by Gasteiger charge is -2.38. The van der Waals surface area contributed by atoms with Gasteiger partial charge in [-0.2, -0.15) is 10.4 Å². The molecule has 1 aliphatic heterocycles. The molecule has 1 amide bonds. The zero-order valence-electron chi connectivity index (χ0n) is 22.5. The van der Waals surface area contributed by atoms with Crippen molar-refractivity contribution in [3.63, 3.8) is 0 Å². The Kier molecular flexibility index (Phi) is 11.9. The average Bonchev–Trinajstić information content (AvgIpc) is 2.94. The topological polar surface area (TPSA) is 115 Å². The van der Waals surface area contributed by atoms with E-state index in [4.69, 9.17) is 11.0 Å². The SMILES string of the molecule is C=C(CCCC/C=N\NCC)c1cc(C(=O)N2CCC(O)(c3cccc(C#N)c3)CC2)ccc1N.CC. The lowest BCUT2D eigenvalue weighted by atomic mass is 9.83. The number of unbranched alkanes of at least 4 members (excludes halogenated alkanes) is 2. The predicted octanol–water partition coefficient (Wildman–Crippen LogP) is 5.46. The van der Waals surface area contributed by atoms with Crippen LogP contribution in [0.3, 0.4) is 0 Å². The summed E-state index contributed by atoms with van der Waals surface area (Å²) in [6, 6.07) is 14.5. The number of nitrogen functional groups attached to an aromatic ring is 1. The Hall–Kier alpha value is -3.63. The molecule has 0 unspecified atom stereocenters. The maximum Gasteiger partial charge on any atom is 0.253 e. The van der Waals surface area contributed by atoms with E-state index in [0.29, 0.717) is 42.7 Å². The number of rotatable bonds is 10. The van der Waals surface area contributed by atoms with Gasteiger partial charge < -0.3 is 21.2 Å². The van der Waals surface area contributed by atoms with Crippen LogP contribution in [0.1, 0.15) is 86.3 Å². The number of nitrogens with one attached hydrogen (secondary N) is 1. The van der Waals surface area contributed by atoms with Crippen molar-refractivity contribution in [2.24, 2.45) is 5.10 Å². The number of piperidine rings is 1. The van der Waals surface area contributed by atoms with Gasteiger partial charge in [-0.15, -0.1) is 0 Å². The molecule has 2 aromatic rings. The van der Waals surface area contributed by atoms with Gasteiger partial charge in [0.1, 0.15) is 0 Å². The van der Waals surface area contributed by atoms with E-state index in [9.17, 15) is 9.90 Å². The fourth-order valence-electron chi connectivity index (χ4n) is 4.35. The smallest absolute Gasteiger partial charge is 0.253 e. The Morgan fingerprint density at radius 1 is 1.24 bits per heavy atom. The number of amides is 1. The number of nitriles is 1. The van der Waals surface area contributed by atoms with Gasteiger partial charge >= 0.3 is 0 Å². The Bertz CT molecular complexity index is 1110. The van der Waals surface area contributed by atoms with Crippen LogP contribution in [0.4, 0.5) is 5.69 Å². The number of hydrogen-bond donors (Lipinski definition) is 3. The second-order valence-corrected chi connectivity index (χ2v) is 8.99. The third-order valence-corrected chi connectivity index (χ3v) is 6.49. The van der Waals surface area contributed by atoms with E-state index >= 15 is 0 Å². The molecule has 0 atom stereocenters. The van der Waals surface area contributed by atoms with Crippen molar-refractivity contribution in [2.75, 3.05) is 25.4 Å². The Labute approximate surface area is 221 Å². The monoisotopic (exact) mass is 503 g/mol. The summed E-state index contributed by atoms with van der Waals surface area (Å²) in [4.78, 5) is 15.0. The summed E-state index contributed by atoms with van der Waals surface area (Å²) in [6.07, 6.45) is 6.39. The summed E-state index contributed by atoms with van der Waals surface area (Å²) in [5.41, 5.74) is 12.3. The Morgan fingerprint density at radius 3 is 2.65 bits per heavy atom. The van der Waals surface area contributed by atoms with Crippen LogP contribution in [0.15, 0.2) is 54.1 Å². The van der Waals surface area contributed by atoms with Gasteiger partial charge in [-0.1, -0.05) is 32.6 Å². The first kappa shape index (κ1) is 29.6. The Morgan fingerprint density at radius 2 is 1.97 bits per heavy atom. The van der Waals surface area contributed by atoms with Crippen LogP contribution in [0.25, 0.3) is 5.57 Å². The maximum absolute atomic E-state index is 13.2. The number of carbonyl (C=O) groups is 1. The second-order valence-electron chi connectivity index (χ2n) is 8.99. The molecule has 0 spiro atoms. The summed E-state index contributed by atoms with van der Waals surface area (Å²) in [7, 11) is 0. The van der Waals surface area contributed by atoms with Gasteiger partial charge in [0.2, 0.25) is 0 Å². The van der Waals surface area contributed by atoms with Crippen molar-refractivity contribution in [1.29, 1.82) is 5.26 Å². The van der Waals surface area contributed by atoms with Crippen molar-refractivity contribution in [3.05, 3.63) is 71.3 Å². The average molecular weight is 504 g/mol. The predicted molar refractivity (Wildman–Crippen MR) is 152 cm³/mol. The van der Waals surface area contributed by atoms with Gasteiger partial charge in [0.15, 0.2) is 0 Å². The largest absolute Gasteiger partial charge is 0.398 e. The first-order valence-corrected chi connectivity index (χ1v) is 13.2. The molecule has 0 bridgehead atoms. The molecule has 1 saturated heterocycles. The zero-order valence-corrected chi connectivity index (χ0v) is 22.5. The van der Waals surface area contributed by atoms with Crippen molar-refractivity contribution < 1.29 is 9.90 Å². The number of nitrogens with two attached hydrogens (primary N) is 1. The van der Waals surface area contributed by atoms with Gasteiger partial charge in [0.05, 0.1) is 17.2 Å². The van der Waals surface area contributed by atoms with E-state index in [0.717, 1.165) is 48.9 Å². The van der Waals surface area contributed by atoms with Gasteiger partial charge in [0, 0.05) is 42.7 Å². The molecule has 0 aliphatic carbocycles. The first-order valence-electron chi connectivity index (χ1n) is 13.2. The molecule has 0 saturated carbocycles. The summed E-state index contributed by atoms with van der Waals surface area (Å²) in [6.45, 7) is 11.9. The highest BCUT2D eigenvalue weighted by atomic mass is 16.3. The summed E-state index contributed by atoms with van der Waals surface area (Å²) in [5, 5.41) is 24.4. The van der Waals surface area contributed by atoms with Crippen molar-refractivity contribution >= 4 is 23.4 Å². The zero-order chi connectivity index (χ0) is 27.3. The number of nitrogens with zero attached hydrogens (tertiary/aromatic N) is 3. The molecule has 1 heterocycles. The molecule has 3 rings (SSSR count). The van der Waals surface area contributed by atoms with Crippen LogP contribution in [0, 0.1) is 11.3 Å². The van der Waals surface area contributed by atoms with Crippen LogP contribution < -0.4 is 11.2 Å². The van der Waals surface area contributed by atoms with Gasteiger partial charge in [0.25, 0.3) is 5.91 Å². The van der Waals surface area contributed by atoms with Crippen molar-refractivity contribution in [2.45, 2.75) is 64.9 Å². The quantitative estimate of drug-likeness (QED) is 0.172. The molecule has 0 radical (unpaired) electrons. The van der Waals surface area contributed by atoms with Gasteiger partial charge in [-0.05, 0) is 86.9 Å². The minimum Gasteiger partial charge on any atom is -0.398 e. The van der Waals surface area contributed by atoms with Crippen LogP contribution >= 0.6 is 0 Å². The number of allylic oxidation sites excluding steroid dienone is 1. The van der Waals surface area contributed by atoms with Crippen molar-refractivity contribution in [1.82, 2.24) is 10.3 Å². The van der Waals surface area contributed by atoms with Crippen LogP contribution in [-0.2, 0) is 5.60 Å². The molecule has 7 heteroatoms. The van der Waals surface area contributed by atoms with Crippen molar-refractivity contribution in [3.8, 4) is 6.07 Å². The number of hydrogen-bond acceptors (Lipinski definition) is 6. The minimum atomic E-state index is -1.04. The molecule has 2 aromatic carbocycles. The third-order valence-electron chi connectivity index (χ3n) is 6.49. The van der Waals surface area contributed by atoms with Gasteiger partial charge in [-0.25, -0.2) is 0 Å². The highest BCUT2D eigenvalue weighted by Gasteiger charge is 2.35. The lowest BCUT2D eigenvalue weighted by Crippen LogP contribution is -2.45. The fraction of sp³-hybridized carbons (Fsp3) is 0.433. The number of hydrazone groups is 1. The molecule has 1 aliphatic rings. The summed E-state index contributed by atoms with van der Waals surface area (Å²) in [5.74, 6) is -0.0773. The summed E-state index contributed by atoms with van der Waals surface area (Å²) >= 11 is 0. The maximum atomic E-state index is 13.2. The minimum absolute atomic E-state index is 0.0773. The highest BCUT2D eigenvalue weighted by molar-refractivity contribution is 5.96. The lowest BCUT2D eigenvalue weighted by molar-refractivity contribution is -0.0211. The number of anilines is 1. The number of benzene rings is 2. The van der Waals surface area contributed by atoms with E-state index in [1.54, 1.807) is 35.2 Å². The second kappa shape index (κ2) is 14.8. The van der Waals surface area contributed by atoms with Gasteiger partial charge in [-0.3, -0.25) is 4.79 Å². The molecular formula is C30H41N5O2. The van der Waals surface area contributed by atoms with E-state index in [1.807, 2.05) is 39.1 Å². The van der Waals surface area contributed by atoms with Crippen LogP contribution in [0.5, 0.6) is 0 Å². The van der Waals surface area contributed by atoms with E-state index in [2.05, 4.69) is 23.2 Å². The first-order chi connectivity index (χ1) is 17.9.